The van der Waals surface area contributed by atoms with Crippen molar-refractivity contribution in [2.24, 2.45) is 0 Å². The molecule has 0 aliphatic heterocycles. The number of nitrogens with zero attached hydrogens (tertiary/aromatic N) is 2. The fourth-order valence-corrected chi connectivity index (χ4v) is 2.04. The van der Waals surface area contributed by atoms with Gasteiger partial charge in [0.15, 0.2) is 0 Å². The summed E-state index contributed by atoms with van der Waals surface area (Å²) < 4.78 is 5.30. The van der Waals surface area contributed by atoms with E-state index < -0.39 is 5.97 Å². The molecule has 0 aliphatic carbocycles. The lowest BCUT2D eigenvalue weighted by Gasteiger charge is -2.15. The lowest BCUT2D eigenvalue weighted by atomic mass is 10.1. The maximum Gasteiger partial charge on any atom is 0.349 e. The number of nitriles is 1. The van der Waals surface area contributed by atoms with E-state index in [-0.39, 0.29) is 18.3 Å². The first-order valence-electron chi connectivity index (χ1n) is 8.43. The average molecular weight is 322 g/mol. The number of esters is 1. The van der Waals surface area contributed by atoms with Crippen LogP contribution in [-0.4, -0.2) is 41.8 Å². The van der Waals surface area contributed by atoms with Crippen LogP contribution in [0.5, 0.6) is 0 Å². The van der Waals surface area contributed by atoms with Gasteiger partial charge in [-0.1, -0.05) is 26.2 Å². The average Bonchev–Trinajstić information content (AvgIpc) is 2.54. The van der Waals surface area contributed by atoms with Crippen LogP contribution in [0.4, 0.5) is 0 Å². The number of aliphatic hydroxyl groups is 1. The number of carbonyl (C=O) groups excluding carboxylic acids is 1. The largest absolute Gasteiger partial charge is 0.459 e. The van der Waals surface area contributed by atoms with E-state index in [0.717, 1.165) is 25.8 Å². The van der Waals surface area contributed by atoms with E-state index >= 15 is 0 Å². The van der Waals surface area contributed by atoms with Crippen molar-refractivity contribution < 1.29 is 14.6 Å². The van der Waals surface area contributed by atoms with Crippen LogP contribution in [0.15, 0.2) is 23.9 Å². The van der Waals surface area contributed by atoms with Crippen LogP contribution in [0, 0.1) is 11.3 Å². The summed E-state index contributed by atoms with van der Waals surface area (Å²) in [5.41, 5.74) is -0.0123. The molecule has 0 spiro atoms. The summed E-state index contributed by atoms with van der Waals surface area (Å²) in [4.78, 5) is 13.8. The zero-order valence-corrected chi connectivity index (χ0v) is 14.6. The van der Waals surface area contributed by atoms with Crippen molar-refractivity contribution in [3.8, 4) is 6.07 Å². The second-order valence-corrected chi connectivity index (χ2v) is 5.45. The second kappa shape index (κ2) is 13.8. The Bertz CT molecular complexity index is 424. The number of rotatable bonds is 12. The summed E-state index contributed by atoms with van der Waals surface area (Å²) >= 11 is 0. The molecule has 1 atom stereocenters. The standard InChI is InChI=1S/C18H30N2O3/c1-4-6-7-8-10-16(3)23-18(22)17(15-19)11-9-12-20(5-2)13-14-21/h9,11-12,16,21H,4-8,10,13-14H2,1-3H3/b12-9+,17-11+. The van der Waals surface area contributed by atoms with Crippen molar-refractivity contribution in [2.75, 3.05) is 19.7 Å². The molecular weight excluding hydrogens is 292 g/mol. The van der Waals surface area contributed by atoms with E-state index in [9.17, 15) is 4.79 Å². The second-order valence-electron chi connectivity index (χ2n) is 5.45. The van der Waals surface area contributed by atoms with Gasteiger partial charge < -0.3 is 14.7 Å². The van der Waals surface area contributed by atoms with Crippen LogP contribution in [0.2, 0.25) is 0 Å². The molecule has 5 heteroatoms. The van der Waals surface area contributed by atoms with E-state index in [1.807, 2.05) is 24.8 Å². The quantitative estimate of drug-likeness (QED) is 0.196. The number of hydrogen-bond donors (Lipinski definition) is 1. The van der Waals surface area contributed by atoms with Crippen LogP contribution in [0.25, 0.3) is 0 Å². The van der Waals surface area contributed by atoms with Gasteiger partial charge in [-0.05, 0) is 45.0 Å². The summed E-state index contributed by atoms with van der Waals surface area (Å²) in [7, 11) is 0. The molecule has 0 radical (unpaired) electrons. The van der Waals surface area contributed by atoms with Crippen molar-refractivity contribution in [2.45, 2.75) is 59.0 Å². The molecule has 0 rings (SSSR count). The van der Waals surface area contributed by atoms with Gasteiger partial charge in [0.05, 0.1) is 12.7 Å². The predicted molar refractivity (Wildman–Crippen MR) is 91.5 cm³/mol. The summed E-state index contributed by atoms with van der Waals surface area (Å²) in [6.07, 6.45) is 10.00. The zero-order valence-electron chi connectivity index (χ0n) is 14.6. The highest BCUT2D eigenvalue weighted by Gasteiger charge is 2.13. The number of hydrogen-bond acceptors (Lipinski definition) is 5. The minimum atomic E-state index is -0.578. The summed E-state index contributed by atoms with van der Waals surface area (Å²) in [6.45, 7) is 7.29. The Morgan fingerprint density at radius 2 is 2.09 bits per heavy atom. The molecule has 0 fully saturated rings. The number of allylic oxidation sites excluding steroid dienone is 2. The van der Waals surface area contributed by atoms with Crippen LogP contribution in [0.1, 0.15) is 52.9 Å². The molecular formula is C18H30N2O3. The Kier molecular flexibility index (Phi) is 12.8. The zero-order chi connectivity index (χ0) is 17.5. The third kappa shape index (κ3) is 10.5. The molecule has 0 aliphatic rings. The molecule has 23 heavy (non-hydrogen) atoms. The highest BCUT2D eigenvalue weighted by atomic mass is 16.5. The third-order valence-electron chi connectivity index (χ3n) is 3.47. The topological polar surface area (TPSA) is 73.6 Å². The molecule has 0 aromatic carbocycles. The molecule has 0 saturated heterocycles. The normalized spacial score (nSPS) is 12.9. The van der Waals surface area contributed by atoms with E-state index in [4.69, 9.17) is 15.1 Å². The number of carbonyl (C=O) groups is 1. The highest BCUT2D eigenvalue weighted by molar-refractivity contribution is 5.93. The van der Waals surface area contributed by atoms with Crippen molar-refractivity contribution >= 4 is 5.97 Å². The Hall–Kier alpha value is -1.80. The molecule has 0 aromatic heterocycles. The van der Waals surface area contributed by atoms with Crippen molar-refractivity contribution in [3.05, 3.63) is 23.9 Å². The van der Waals surface area contributed by atoms with E-state index in [1.54, 1.807) is 12.3 Å². The van der Waals surface area contributed by atoms with Gasteiger partial charge >= 0.3 is 5.97 Å². The van der Waals surface area contributed by atoms with Gasteiger partial charge in [-0.2, -0.15) is 5.26 Å². The molecule has 130 valence electrons. The summed E-state index contributed by atoms with van der Waals surface area (Å²) in [5.74, 6) is -0.578. The van der Waals surface area contributed by atoms with Gasteiger partial charge in [-0.15, -0.1) is 0 Å². The summed E-state index contributed by atoms with van der Waals surface area (Å²) in [6, 6.07) is 1.87. The van der Waals surface area contributed by atoms with Crippen molar-refractivity contribution in [3.63, 3.8) is 0 Å². The fourth-order valence-electron chi connectivity index (χ4n) is 2.04. The minimum Gasteiger partial charge on any atom is -0.459 e. The number of aliphatic hydroxyl groups excluding tert-OH is 1. The predicted octanol–water partition coefficient (Wildman–Crippen LogP) is 3.17. The molecule has 0 aromatic rings. The first-order valence-corrected chi connectivity index (χ1v) is 8.43. The highest BCUT2D eigenvalue weighted by Crippen LogP contribution is 2.10. The molecule has 5 nitrogen and oxygen atoms in total. The number of ether oxygens (including phenoxy) is 1. The lowest BCUT2D eigenvalue weighted by molar-refractivity contribution is -0.143. The molecule has 1 N–H and O–H groups in total. The first-order chi connectivity index (χ1) is 11.1. The Morgan fingerprint density at radius 1 is 1.35 bits per heavy atom. The van der Waals surface area contributed by atoms with Crippen LogP contribution in [0.3, 0.4) is 0 Å². The molecule has 0 bridgehead atoms. The van der Waals surface area contributed by atoms with Gasteiger partial charge in [0.1, 0.15) is 11.6 Å². The number of likely N-dealkylation sites (N-methyl/N-ethyl adjacent to an activating group) is 1. The number of unbranched alkanes of at least 4 members (excludes halogenated alkanes) is 3. The minimum absolute atomic E-state index is 0.0123. The van der Waals surface area contributed by atoms with E-state index in [1.165, 1.54) is 18.9 Å². The smallest absolute Gasteiger partial charge is 0.349 e. The SMILES string of the molecule is CCCCCCC(C)OC(=O)/C(C#N)=C/C=C/N(CC)CCO. The van der Waals surface area contributed by atoms with Crippen LogP contribution in [-0.2, 0) is 9.53 Å². The van der Waals surface area contributed by atoms with Crippen LogP contribution < -0.4 is 0 Å². The molecule has 0 amide bonds. The lowest BCUT2D eigenvalue weighted by Crippen LogP contribution is -2.20. The van der Waals surface area contributed by atoms with Gasteiger partial charge in [-0.3, -0.25) is 0 Å². The Morgan fingerprint density at radius 3 is 2.65 bits per heavy atom. The molecule has 0 saturated carbocycles. The van der Waals surface area contributed by atoms with Gasteiger partial charge in [0, 0.05) is 13.1 Å². The van der Waals surface area contributed by atoms with Crippen molar-refractivity contribution in [1.29, 1.82) is 5.26 Å². The fraction of sp³-hybridized carbons (Fsp3) is 0.667. The van der Waals surface area contributed by atoms with E-state index in [0.29, 0.717) is 6.54 Å². The third-order valence-corrected chi connectivity index (χ3v) is 3.47. The van der Waals surface area contributed by atoms with Crippen LogP contribution >= 0.6 is 0 Å². The molecule has 0 heterocycles. The van der Waals surface area contributed by atoms with Gasteiger partial charge in [-0.25, -0.2) is 4.79 Å². The first kappa shape index (κ1) is 21.2. The Balaban J connectivity index is 4.42. The maximum absolute atomic E-state index is 11.9. The van der Waals surface area contributed by atoms with Gasteiger partial charge in [0.2, 0.25) is 0 Å². The van der Waals surface area contributed by atoms with Gasteiger partial charge in [0.25, 0.3) is 0 Å². The Labute approximate surface area is 140 Å². The molecule has 1 unspecified atom stereocenters. The maximum atomic E-state index is 11.9. The summed E-state index contributed by atoms with van der Waals surface area (Å²) in [5, 5.41) is 18.0. The van der Waals surface area contributed by atoms with E-state index in [2.05, 4.69) is 6.92 Å². The monoisotopic (exact) mass is 322 g/mol. The van der Waals surface area contributed by atoms with Crippen molar-refractivity contribution in [1.82, 2.24) is 4.90 Å².